The molecule has 0 unspecified atom stereocenters. The number of anilines is 2. The van der Waals surface area contributed by atoms with E-state index in [2.05, 4.69) is 17.4 Å². The van der Waals surface area contributed by atoms with E-state index in [1.807, 2.05) is 25.1 Å². The highest BCUT2D eigenvalue weighted by Gasteiger charge is 2.51. The van der Waals surface area contributed by atoms with Crippen molar-refractivity contribution in [3.8, 4) is 5.75 Å². The lowest BCUT2D eigenvalue weighted by Crippen LogP contribution is -2.48. The van der Waals surface area contributed by atoms with Crippen molar-refractivity contribution >= 4 is 27.3 Å². The number of sulfonamides is 1. The Hall–Kier alpha value is -3.32. The quantitative estimate of drug-likeness (QED) is 0.339. The number of carbonyl (C=O) groups excluding carboxylic acids is 1. The van der Waals surface area contributed by atoms with E-state index in [-0.39, 0.29) is 11.4 Å². The SMILES string of the molecule is CCOc1ccc(S(=O)(=O)N(CC(=O)Nc2ccc(C34CC5CC(CC(C5)C3)C4)cc2)c2ccccc2)cc1. The maximum absolute atomic E-state index is 13.6. The number of nitrogens with one attached hydrogen (secondary N) is 1. The minimum absolute atomic E-state index is 0.0996. The average Bonchev–Trinajstić information content (AvgIpc) is 2.92. The lowest BCUT2D eigenvalue weighted by molar-refractivity contribution is -0.114. The Labute approximate surface area is 231 Å². The largest absolute Gasteiger partial charge is 0.494 e. The molecule has 4 aliphatic carbocycles. The van der Waals surface area contributed by atoms with Crippen molar-refractivity contribution in [2.45, 2.75) is 55.8 Å². The van der Waals surface area contributed by atoms with Gasteiger partial charge in [-0.2, -0.15) is 0 Å². The van der Waals surface area contributed by atoms with Gasteiger partial charge >= 0.3 is 0 Å². The van der Waals surface area contributed by atoms with E-state index in [0.29, 0.717) is 29.1 Å². The van der Waals surface area contributed by atoms with Gasteiger partial charge in [0.1, 0.15) is 12.3 Å². The molecule has 6 nitrogen and oxygen atoms in total. The number of benzene rings is 3. The Balaban J connectivity index is 1.19. The predicted octanol–water partition coefficient (Wildman–Crippen LogP) is 6.39. The molecule has 7 heteroatoms. The van der Waals surface area contributed by atoms with Crippen LogP contribution in [0.25, 0.3) is 0 Å². The van der Waals surface area contributed by atoms with Crippen LogP contribution >= 0.6 is 0 Å². The van der Waals surface area contributed by atoms with Gasteiger partial charge in [0, 0.05) is 5.69 Å². The molecule has 0 saturated heterocycles. The van der Waals surface area contributed by atoms with Crippen molar-refractivity contribution in [2.75, 3.05) is 22.8 Å². The lowest BCUT2D eigenvalue weighted by Gasteiger charge is -2.57. The first-order valence-electron chi connectivity index (χ1n) is 14.1. The van der Waals surface area contributed by atoms with E-state index in [0.717, 1.165) is 22.1 Å². The van der Waals surface area contributed by atoms with Gasteiger partial charge in [-0.1, -0.05) is 30.3 Å². The van der Waals surface area contributed by atoms with Crippen LogP contribution in [0.5, 0.6) is 5.75 Å². The fourth-order valence-corrected chi connectivity index (χ4v) is 9.03. The van der Waals surface area contributed by atoms with Crippen LogP contribution in [0.15, 0.2) is 83.8 Å². The van der Waals surface area contributed by atoms with Crippen LogP contribution in [0.2, 0.25) is 0 Å². The third-order valence-electron chi connectivity index (χ3n) is 8.87. The molecule has 0 atom stereocenters. The maximum atomic E-state index is 13.6. The molecule has 0 aromatic heterocycles. The van der Waals surface area contributed by atoms with Gasteiger partial charge in [-0.15, -0.1) is 0 Å². The minimum atomic E-state index is -3.99. The van der Waals surface area contributed by atoms with Crippen LogP contribution in [-0.4, -0.2) is 27.5 Å². The van der Waals surface area contributed by atoms with Crippen molar-refractivity contribution < 1.29 is 17.9 Å². The van der Waals surface area contributed by atoms with Gasteiger partial charge in [-0.3, -0.25) is 9.10 Å². The second kappa shape index (κ2) is 10.3. The molecule has 3 aromatic carbocycles. The number of rotatable bonds is 9. The van der Waals surface area contributed by atoms with Crippen LogP contribution in [0.1, 0.15) is 51.0 Å². The zero-order valence-corrected chi connectivity index (χ0v) is 23.2. The van der Waals surface area contributed by atoms with Gasteiger partial charge in [0.25, 0.3) is 10.0 Å². The molecule has 4 fully saturated rings. The van der Waals surface area contributed by atoms with Crippen LogP contribution in [0.3, 0.4) is 0 Å². The van der Waals surface area contributed by atoms with Gasteiger partial charge < -0.3 is 10.1 Å². The van der Waals surface area contributed by atoms with E-state index in [1.165, 1.54) is 56.2 Å². The third-order valence-corrected chi connectivity index (χ3v) is 10.7. The fourth-order valence-electron chi connectivity index (χ4n) is 7.61. The monoisotopic (exact) mass is 544 g/mol. The van der Waals surface area contributed by atoms with E-state index in [1.54, 1.807) is 36.4 Å². The zero-order chi connectivity index (χ0) is 27.0. The molecule has 0 spiro atoms. The predicted molar refractivity (Wildman–Crippen MR) is 154 cm³/mol. The van der Waals surface area contributed by atoms with Crippen LogP contribution in [0, 0.1) is 17.8 Å². The van der Waals surface area contributed by atoms with Gasteiger partial charge in [-0.25, -0.2) is 8.42 Å². The highest BCUT2D eigenvalue weighted by molar-refractivity contribution is 7.92. The average molecular weight is 545 g/mol. The summed E-state index contributed by atoms with van der Waals surface area (Å²) in [6, 6.07) is 23.3. The summed E-state index contributed by atoms with van der Waals surface area (Å²) in [7, 11) is -3.99. The number of nitrogens with zero attached hydrogens (tertiary/aromatic N) is 1. The Bertz CT molecular complexity index is 1380. The van der Waals surface area contributed by atoms with Crippen molar-refractivity contribution in [3.05, 3.63) is 84.4 Å². The first kappa shape index (κ1) is 25.9. The van der Waals surface area contributed by atoms with E-state index in [9.17, 15) is 13.2 Å². The summed E-state index contributed by atoms with van der Waals surface area (Å²) < 4.78 is 33.9. The Kier molecular flexibility index (Phi) is 6.88. The number of hydrogen-bond donors (Lipinski definition) is 1. The first-order valence-corrected chi connectivity index (χ1v) is 15.5. The number of ether oxygens (including phenoxy) is 1. The van der Waals surface area contributed by atoms with Crippen LogP contribution in [-0.2, 0) is 20.2 Å². The Morgan fingerprint density at radius 2 is 1.46 bits per heavy atom. The van der Waals surface area contributed by atoms with Crippen LogP contribution in [0.4, 0.5) is 11.4 Å². The molecule has 3 aromatic rings. The van der Waals surface area contributed by atoms with Crippen molar-refractivity contribution in [3.63, 3.8) is 0 Å². The molecular formula is C32H36N2O4S. The summed E-state index contributed by atoms with van der Waals surface area (Å²) in [5.41, 5.74) is 2.80. The molecule has 4 bridgehead atoms. The van der Waals surface area contributed by atoms with Crippen molar-refractivity contribution in [2.24, 2.45) is 17.8 Å². The summed E-state index contributed by atoms with van der Waals surface area (Å²) in [6.45, 7) is 2.03. The normalized spacial score (nSPS) is 25.3. The van der Waals surface area contributed by atoms with Crippen LogP contribution < -0.4 is 14.4 Å². The van der Waals surface area contributed by atoms with E-state index in [4.69, 9.17) is 4.74 Å². The molecular weight excluding hydrogens is 508 g/mol. The molecule has 1 N–H and O–H groups in total. The van der Waals surface area contributed by atoms with Gasteiger partial charge in [0.2, 0.25) is 5.91 Å². The Morgan fingerprint density at radius 3 is 2.03 bits per heavy atom. The fraction of sp³-hybridized carbons (Fsp3) is 0.406. The lowest BCUT2D eigenvalue weighted by atomic mass is 9.48. The van der Waals surface area contributed by atoms with Gasteiger partial charge in [-0.05, 0) is 123 Å². The summed E-state index contributed by atoms with van der Waals surface area (Å²) in [5, 5.41) is 2.93. The maximum Gasteiger partial charge on any atom is 0.264 e. The molecule has 4 saturated carbocycles. The second-order valence-electron chi connectivity index (χ2n) is 11.6. The summed E-state index contributed by atoms with van der Waals surface area (Å²) in [4.78, 5) is 13.3. The first-order chi connectivity index (χ1) is 18.8. The molecule has 0 radical (unpaired) electrons. The van der Waals surface area contributed by atoms with Gasteiger partial charge in [0.05, 0.1) is 17.2 Å². The number of para-hydroxylation sites is 1. The molecule has 204 valence electrons. The summed E-state index contributed by atoms with van der Waals surface area (Å²) in [6.07, 6.45) is 8.10. The van der Waals surface area contributed by atoms with Crippen molar-refractivity contribution in [1.29, 1.82) is 0 Å². The molecule has 1 amide bonds. The summed E-state index contributed by atoms with van der Waals surface area (Å²) >= 11 is 0. The number of hydrogen-bond acceptors (Lipinski definition) is 4. The number of amides is 1. The zero-order valence-electron chi connectivity index (χ0n) is 22.4. The Morgan fingerprint density at radius 1 is 0.872 bits per heavy atom. The van der Waals surface area contributed by atoms with E-state index < -0.39 is 15.9 Å². The molecule has 7 rings (SSSR count). The topological polar surface area (TPSA) is 75.7 Å². The van der Waals surface area contributed by atoms with E-state index >= 15 is 0 Å². The smallest absolute Gasteiger partial charge is 0.264 e. The minimum Gasteiger partial charge on any atom is -0.494 e. The highest BCUT2D eigenvalue weighted by Crippen LogP contribution is 2.60. The number of carbonyl (C=O) groups is 1. The highest BCUT2D eigenvalue weighted by atomic mass is 32.2. The molecule has 4 aliphatic rings. The molecule has 39 heavy (non-hydrogen) atoms. The van der Waals surface area contributed by atoms with Crippen molar-refractivity contribution in [1.82, 2.24) is 0 Å². The third kappa shape index (κ3) is 5.17. The second-order valence-corrected chi connectivity index (χ2v) is 13.4. The van der Waals surface area contributed by atoms with Gasteiger partial charge in [0.15, 0.2) is 0 Å². The summed E-state index contributed by atoms with van der Waals surface area (Å²) in [5.74, 6) is 2.82. The molecule has 0 aliphatic heterocycles. The molecule has 0 heterocycles. The standard InChI is InChI=1S/C32H36N2O4S/c1-2-38-29-12-14-30(15-13-29)39(36,37)34(28-6-4-3-5-7-28)22-31(35)33-27-10-8-26(9-11-27)32-19-23-16-24(20-32)18-25(17-23)21-32/h3-15,23-25H,2,16-22H2,1H3,(H,33,35).